The fraction of sp³-hybridized carbons (Fsp3) is 0.569. The van der Waals surface area contributed by atoms with Gasteiger partial charge in [0, 0.05) is 70.8 Å². The van der Waals surface area contributed by atoms with Gasteiger partial charge in [-0.2, -0.15) is 57.1 Å². The van der Waals surface area contributed by atoms with Crippen LogP contribution < -0.4 is 0 Å². The number of alkyl halides is 13. The monoisotopic (exact) mass is 1250 g/mol. The third-order valence-electron chi connectivity index (χ3n) is 15.1. The third-order valence-corrected chi connectivity index (χ3v) is 23.1. The Balaban J connectivity index is 1.38. The molecule has 0 saturated heterocycles. The van der Waals surface area contributed by atoms with Crippen molar-refractivity contribution in [2.24, 2.45) is 11.8 Å². The van der Waals surface area contributed by atoms with Gasteiger partial charge in [-0.1, -0.05) is 121 Å². The van der Waals surface area contributed by atoms with E-state index in [-0.39, 0.29) is 15.5 Å². The number of rotatable bonds is 25. The first-order valence-corrected chi connectivity index (χ1v) is 31.6. The van der Waals surface area contributed by atoms with E-state index in [1.54, 1.807) is 34.0 Å². The Bertz CT molecular complexity index is 3190. The molecule has 6 heterocycles. The van der Waals surface area contributed by atoms with Crippen LogP contribution in [0, 0.1) is 17.7 Å². The highest BCUT2D eigenvalue weighted by molar-refractivity contribution is 7.32. The third kappa shape index (κ3) is 11.8. The van der Waals surface area contributed by atoms with E-state index in [9.17, 15) is 61.9 Å². The topological polar surface area (TPSA) is 26.3 Å². The fourth-order valence-corrected chi connectivity index (χ4v) is 17.6. The smallest absolute Gasteiger partial charge is 0.460 e. The van der Waals surface area contributed by atoms with Gasteiger partial charge in [0.05, 0.1) is 22.6 Å². The number of hydrogen-bond donors (Lipinski definition) is 0. The standard InChI is InChI=1S/C58H64F14O2S6/c1-11-16-18-30(13-3)26-32-20-22-36(75-32)40-34-28-38(77-44(34)41(35-29-39(51(6,7)8)78-45(35)40)37-23-21-33(76-37)27-31(14-4)19-17-12-2)46-47-42(49(80-46)52(9,10)15-5)43(59)48(79-47)50(73)74-25-24-53(60,61)54(62,63)55(64,65)56(66,67)57(68,69)58(70,71)72/h20-23,28-31H,11-19,24-27H2,1-10H3. The number of thiophene rings is 6. The van der Waals surface area contributed by atoms with Crippen molar-refractivity contribution in [1.82, 2.24) is 0 Å². The van der Waals surface area contributed by atoms with Crippen LogP contribution in [0.4, 0.5) is 61.5 Å². The zero-order valence-electron chi connectivity index (χ0n) is 45.9. The molecular formula is C58H64F14O2S6. The number of unbranched alkanes of at least 4 members (excludes halogenated alkanes) is 2. The van der Waals surface area contributed by atoms with Crippen LogP contribution in [-0.2, 0) is 28.4 Å². The summed E-state index contributed by atoms with van der Waals surface area (Å²) in [6.45, 7) is 18.9. The first-order chi connectivity index (χ1) is 37.1. The molecule has 0 aliphatic rings. The van der Waals surface area contributed by atoms with Gasteiger partial charge in [-0.05, 0) is 78.3 Å². The van der Waals surface area contributed by atoms with E-state index in [0.717, 1.165) is 105 Å². The summed E-state index contributed by atoms with van der Waals surface area (Å²) < 4.78 is 204. The van der Waals surface area contributed by atoms with Gasteiger partial charge in [0.15, 0.2) is 5.82 Å². The normalized spacial score (nSPS) is 14.6. The minimum Gasteiger partial charge on any atom is -0.461 e. The molecule has 0 aliphatic carbocycles. The molecular weight excluding hydrogens is 1190 g/mol. The minimum atomic E-state index is -8.07. The summed E-state index contributed by atoms with van der Waals surface area (Å²) >= 11 is 8.61. The van der Waals surface area contributed by atoms with Gasteiger partial charge in [-0.3, -0.25) is 0 Å². The average molecular weight is 1250 g/mol. The largest absolute Gasteiger partial charge is 0.461 e. The molecule has 0 fully saturated rings. The number of benzene rings is 1. The molecule has 7 rings (SSSR count). The Morgan fingerprint density at radius 3 is 1.55 bits per heavy atom. The predicted octanol–water partition coefficient (Wildman–Crippen LogP) is 23.4. The van der Waals surface area contributed by atoms with Crippen LogP contribution in [0.25, 0.3) is 60.9 Å². The van der Waals surface area contributed by atoms with E-state index in [1.165, 1.54) is 37.3 Å². The molecule has 0 aliphatic heterocycles. The zero-order chi connectivity index (χ0) is 59.5. The molecule has 442 valence electrons. The molecule has 1 aromatic carbocycles. The SMILES string of the molecule is CCCCC(CC)Cc1ccc(-c2c3cc(C(C)(C)C)sc3c(-c3ccc(CC(CC)CCCC)s3)c3cc(-c4sc(C(C)(C)CC)c5c(F)c(C(=O)OCCC(F)(F)C(F)(F)C(F)(F)C(F)(F)C(F)(F)C(F)(F)F)sc45)sc23)s1. The summed E-state index contributed by atoms with van der Waals surface area (Å²) in [5.74, 6) is -39.9. The molecule has 6 aromatic heterocycles. The molecule has 0 radical (unpaired) electrons. The lowest BCUT2D eigenvalue weighted by molar-refractivity contribution is -0.440. The highest BCUT2D eigenvalue weighted by Gasteiger charge is 2.90. The van der Waals surface area contributed by atoms with Crippen molar-refractivity contribution in [2.45, 2.75) is 193 Å². The first kappa shape index (κ1) is 64.3. The van der Waals surface area contributed by atoms with E-state index in [4.69, 9.17) is 0 Å². The summed E-state index contributed by atoms with van der Waals surface area (Å²) in [5.41, 5.74) is 1.13. The van der Waals surface area contributed by atoms with Gasteiger partial charge in [0.2, 0.25) is 0 Å². The quantitative estimate of drug-likeness (QED) is 0.0421. The average Bonchev–Trinajstić information content (AvgIpc) is 3.78. The second-order valence-electron chi connectivity index (χ2n) is 22.3. The fourth-order valence-electron chi connectivity index (χ4n) is 9.64. The summed E-state index contributed by atoms with van der Waals surface area (Å²) in [6, 6.07) is 13.1. The first-order valence-electron chi connectivity index (χ1n) is 26.7. The van der Waals surface area contributed by atoms with Crippen molar-refractivity contribution in [1.29, 1.82) is 0 Å². The van der Waals surface area contributed by atoms with Crippen molar-refractivity contribution in [3.05, 3.63) is 66.6 Å². The predicted molar refractivity (Wildman–Crippen MR) is 304 cm³/mol. The van der Waals surface area contributed by atoms with Crippen molar-refractivity contribution in [3.8, 4) is 30.6 Å². The number of halogens is 14. The lowest BCUT2D eigenvalue weighted by Gasteiger charge is -2.39. The summed E-state index contributed by atoms with van der Waals surface area (Å²) in [4.78, 5) is 20.4. The van der Waals surface area contributed by atoms with Crippen LogP contribution in [0.5, 0.6) is 0 Å². The number of fused-ring (bicyclic) bond motifs is 3. The van der Waals surface area contributed by atoms with Gasteiger partial charge >= 0.3 is 41.8 Å². The van der Waals surface area contributed by atoms with Crippen molar-refractivity contribution in [3.63, 3.8) is 0 Å². The molecule has 0 bridgehead atoms. The van der Waals surface area contributed by atoms with Crippen LogP contribution in [0.1, 0.15) is 163 Å². The highest BCUT2D eigenvalue weighted by Crippen LogP contribution is 2.62. The molecule has 0 spiro atoms. The van der Waals surface area contributed by atoms with Crippen LogP contribution in [0.2, 0.25) is 0 Å². The Morgan fingerprint density at radius 1 is 0.575 bits per heavy atom. The number of hydrogen-bond acceptors (Lipinski definition) is 8. The van der Waals surface area contributed by atoms with Crippen LogP contribution in [-0.4, -0.2) is 48.4 Å². The number of carbonyl (C=O) groups is 1. The molecule has 0 saturated carbocycles. The summed E-state index contributed by atoms with van der Waals surface area (Å²) in [7, 11) is 0. The molecule has 2 atom stereocenters. The second-order valence-corrected chi connectivity index (χ2v) is 28.8. The lowest BCUT2D eigenvalue weighted by atomic mass is 9.87. The maximum absolute atomic E-state index is 17.0. The minimum absolute atomic E-state index is 0.0141. The molecule has 2 nitrogen and oxygen atoms in total. The van der Waals surface area contributed by atoms with E-state index in [2.05, 4.69) is 89.6 Å². The van der Waals surface area contributed by atoms with Gasteiger partial charge < -0.3 is 4.74 Å². The number of esters is 1. The van der Waals surface area contributed by atoms with Crippen LogP contribution >= 0.6 is 68.0 Å². The Morgan fingerprint density at radius 2 is 1.07 bits per heavy atom. The maximum Gasteiger partial charge on any atom is 0.460 e. The number of ether oxygens (including phenoxy) is 1. The summed E-state index contributed by atoms with van der Waals surface area (Å²) in [5, 5.41) is 2.02. The van der Waals surface area contributed by atoms with E-state index >= 15 is 4.39 Å². The van der Waals surface area contributed by atoms with Crippen molar-refractivity contribution in [2.75, 3.05) is 6.61 Å². The Labute approximate surface area is 480 Å². The van der Waals surface area contributed by atoms with Gasteiger partial charge in [-0.15, -0.1) is 68.0 Å². The van der Waals surface area contributed by atoms with Crippen molar-refractivity contribution < 1.29 is 71.0 Å². The van der Waals surface area contributed by atoms with Crippen LogP contribution in [0.15, 0.2) is 36.4 Å². The zero-order valence-corrected chi connectivity index (χ0v) is 50.8. The summed E-state index contributed by atoms with van der Waals surface area (Å²) in [6.07, 6.45) is 0.817. The van der Waals surface area contributed by atoms with Crippen LogP contribution in [0.3, 0.4) is 0 Å². The molecule has 80 heavy (non-hydrogen) atoms. The Hall–Kier alpha value is -3.31. The van der Waals surface area contributed by atoms with E-state index in [1.807, 2.05) is 20.8 Å². The van der Waals surface area contributed by atoms with E-state index < -0.39 is 70.9 Å². The van der Waals surface area contributed by atoms with Gasteiger partial charge in [-0.25, -0.2) is 9.18 Å². The molecule has 2 unspecified atom stereocenters. The van der Waals surface area contributed by atoms with Crippen molar-refractivity contribution >= 4 is 104 Å². The van der Waals surface area contributed by atoms with Gasteiger partial charge in [0.1, 0.15) is 4.88 Å². The molecule has 0 amide bonds. The lowest BCUT2D eigenvalue weighted by Crippen LogP contribution is -2.70. The molecule has 0 N–H and O–H groups in total. The molecule has 7 aromatic rings. The number of carbonyl (C=O) groups excluding carboxylic acids is 1. The molecule has 22 heteroatoms. The maximum atomic E-state index is 17.0. The Kier molecular flexibility index (Phi) is 19.0. The van der Waals surface area contributed by atoms with E-state index in [0.29, 0.717) is 44.2 Å². The van der Waals surface area contributed by atoms with Gasteiger partial charge in [0.25, 0.3) is 0 Å². The second kappa shape index (κ2) is 23.6. The highest BCUT2D eigenvalue weighted by atomic mass is 32.1.